The maximum absolute atomic E-state index is 12.9. The summed E-state index contributed by atoms with van der Waals surface area (Å²) in [7, 11) is 0. The molecule has 0 bridgehead atoms. The van der Waals surface area contributed by atoms with Gasteiger partial charge < -0.3 is 24.7 Å². The lowest BCUT2D eigenvalue weighted by Gasteiger charge is -2.38. The Kier molecular flexibility index (Phi) is 6.40. The Hall–Kier alpha value is -1.93. The third-order valence-electron chi connectivity index (χ3n) is 5.96. The first-order chi connectivity index (χ1) is 13.3. The number of hydrogen-bond acceptors (Lipinski definition) is 6. The molecule has 1 atom stereocenters. The van der Waals surface area contributed by atoms with Gasteiger partial charge in [-0.2, -0.15) is 0 Å². The van der Waals surface area contributed by atoms with Crippen LogP contribution < -0.4 is 5.32 Å². The maximum Gasteiger partial charge on any atom is 0.259 e. The van der Waals surface area contributed by atoms with Crippen LogP contribution in [0, 0.1) is 13.8 Å². The van der Waals surface area contributed by atoms with E-state index in [0.717, 1.165) is 32.4 Å². The van der Waals surface area contributed by atoms with E-state index in [9.17, 15) is 14.7 Å². The lowest BCUT2D eigenvalue weighted by atomic mass is 9.93. The van der Waals surface area contributed by atoms with Crippen LogP contribution in [0.25, 0.3) is 0 Å². The molecule has 0 saturated carbocycles. The number of likely N-dealkylation sites (tertiary alicyclic amines) is 2. The molecule has 156 valence electrons. The topological polar surface area (TPSA) is 98.9 Å². The van der Waals surface area contributed by atoms with Gasteiger partial charge in [0.05, 0.1) is 11.3 Å². The van der Waals surface area contributed by atoms with Gasteiger partial charge in [0.1, 0.15) is 11.3 Å². The van der Waals surface area contributed by atoms with Gasteiger partial charge in [-0.05, 0) is 46.0 Å². The second kappa shape index (κ2) is 8.61. The third-order valence-corrected chi connectivity index (χ3v) is 5.96. The molecule has 3 heterocycles. The SMILES string of the molecule is CC(=O)NC1CCN(C[C@@]2(O)CCCN(C(=O)c3c(C)noc3C)CC2)CC1. The molecule has 28 heavy (non-hydrogen) atoms. The smallest absolute Gasteiger partial charge is 0.259 e. The summed E-state index contributed by atoms with van der Waals surface area (Å²) >= 11 is 0. The van der Waals surface area contributed by atoms with Crippen molar-refractivity contribution in [2.75, 3.05) is 32.7 Å². The summed E-state index contributed by atoms with van der Waals surface area (Å²) in [5.41, 5.74) is 0.378. The molecule has 2 aliphatic heterocycles. The molecule has 8 heteroatoms. The predicted octanol–water partition coefficient (Wildman–Crippen LogP) is 1.25. The zero-order valence-electron chi connectivity index (χ0n) is 17.2. The highest BCUT2D eigenvalue weighted by atomic mass is 16.5. The first-order valence-corrected chi connectivity index (χ1v) is 10.2. The van der Waals surface area contributed by atoms with Crippen LogP contribution in [0.3, 0.4) is 0 Å². The van der Waals surface area contributed by atoms with Crippen molar-refractivity contribution >= 4 is 11.8 Å². The molecule has 2 saturated heterocycles. The molecular formula is C20H32N4O4. The van der Waals surface area contributed by atoms with E-state index in [-0.39, 0.29) is 17.9 Å². The quantitative estimate of drug-likeness (QED) is 0.800. The van der Waals surface area contributed by atoms with Crippen LogP contribution in [0.1, 0.15) is 60.8 Å². The maximum atomic E-state index is 12.9. The van der Waals surface area contributed by atoms with Gasteiger partial charge in [0.25, 0.3) is 5.91 Å². The van der Waals surface area contributed by atoms with Crippen molar-refractivity contribution in [2.24, 2.45) is 0 Å². The molecule has 2 aliphatic rings. The second-order valence-electron chi connectivity index (χ2n) is 8.32. The molecular weight excluding hydrogens is 360 g/mol. The molecule has 0 aromatic carbocycles. The van der Waals surface area contributed by atoms with Gasteiger partial charge in [-0.25, -0.2) is 0 Å². The van der Waals surface area contributed by atoms with Crippen molar-refractivity contribution in [3.05, 3.63) is 17.0 Å². The highest BCUT2D eigenvalue weighted by molar-refractivity contribution is 5.96. The molecule has 0 unspecified atom stereocenters. The van der Waals surface area contributed by atoms with Crippen molar-refractivity contribution in [2.45, 2.75) is 64.5 Å². The minimum absolute atomic E-state index is 0.0175. The third kappa shape index (κ3) is 4.91. The number of rotatable bonds is 4. The second-order valence-corrected chi connectivity index (χ2v) is 8.32. The Morgan fingerprint density at radius 3 is 2.54 bits per heavy atom. The van der Waals surface area contributed by atoms with Gasteiger partial charge in [0, 0.05) is 45.7 Å². The Balaban J connectivity index is 1.54. The van der Waals surface area contributed by atoms with E-state index < -0.39 is 5.60 Å². The normalized spacial score (nSPS) is 24.8. The van der Waals surface area contributed by atoms with Crippen LogP contribution >= 0.6 is 0 Å². The molecule has 2 N–H and O–H groups in total. The number of hydrogen-bond donors (Lipinski definition) is 2. The monoisotopic (exact) mass is 392 g/mol. The summed E-state index contributed by atoms with van der Waals surface area (Å²) in [6.07, 6.45) is 3.84. The molecule has 3 rings (SSSR count). The Bertz CT molecular complexity index is 692. The summed E-state index contributed by atoms with van der Waals surface area (Å²) in [5, 5.41) is 18.0. The number of nitrogens with zero attached hydrogens (tertiary/aromatic N) is 3. The van der Waals surface area contributed by atoms with Crippen molar-refractivity contribution in [3.63, 3.8) is 0 Å². The zero-order valence-corrected chi connectivity index (χ0v) is 17.2. The average molecular weight is 393 g/mol. The largest absolute Gasteiger partial charge is 0.388 e. The van der Waals surface area contributed by atoms with Gasteiger partial charge in [0.15, 0.2) is 0 Å². The van der Waals surface area contributed by atoms with Gasteiger partial charge in [-0.15, -0.1) is 0 Å². The van der Waals surface area contributed by atoms with Gasteiger partial charge in [-0.3, -0.25) is 9.59 Å². The Labute approximate surface area is 166 Å². The summed E-state index contributed by atoms with van der Waals surface area (Å²) in [5.74, 6) is 0.504. The first kappa shape index (κ1) is 20.8. The number of piperidine rings is 1. The van der Waals surface area contributed by atoms with E-state index in [0.29, 0.717) is 49.5 Å². The fourth-order valence-corrected chi connectivity index (χ4v) is 4.43. The van der Waals surface area contributed by atoms with Crippen LogP contribution in [0.4, 0.5) is 0 Å². The first-order valence-electron chi connectivity index (χ1n) is 10.2. The molecule has 2 amide bonds. The molecule has 2 fully saturated rings. The van der Waals surface area contributed by atoms with Crippen LogP contribution in [0.2, 0.25) is 0 Å². The number of carbonyl (C=O) groups is 2. The number of nitrogens with one attached hydrogen (secondary N) is 1. The van der Waals surface area contributed by atoms with E-state index in [2.05, 4.69) is 15.4 Å². The number of aliphatic hydroxyl groups is 1. The number of aryl methyl sites for hydroxylation is 2. The molecule has 0 radical (unpaired) electrons. The highest BCUT2D eigenvalue weighted by Crippen LogP contribution is 2.26. The van der Waals surface area contributed by atoms with Gasteiger partial charge in [0.2, 0.25) is 5.91 Å². The van der Waals surface area contributed by atoms with Crippen molar-refractivity contribution < 1.29 is 19.2 Å². The standard InChI is InChI=1S/C20H32N4O4/c1-14-18(15(2)28-22-14)19(26)24-9-4-7-20(27,8-12-24)13-23-10-5-17(6-11-23)21-16(3)25/h17,27H,4-13H2,1-3H3,(H,21,25)/t20-/m1/s1. The molecule has 1 aromatic heterocycles. The molecule has 0 aliphatic carbocycles. The Morgan fingerprint density at radius 1 is 1.21 bits per heavy atom. The van der Waals surface area contributed by atoms with Crippen LogP contribution in [-0.4, -0.2) is 76.2 Å². The van der Waals surface area contributed by atoms with Crippen molar-refractivity contribution in [1.29, 1.82) is 0 Å². The van der Waals surface area contributed by atoms with E-state index in [1.54, 1.807) is 20.8 Å². The van der Waals surface area contributed by atoms with Crippen molar-refractivity contribution in [3.8, 4) is 0 Å². The summed E-state index contributed by atoms with van der Waals surface area (Å²) in [6.45, 7) is 8.61. The van der Waals surface area contributed by atoms with Gasteiger partial charge >= 0.3 is 0 Å². The number of carbonyl (C=O) groups excluding carboxylic acids is 2. The van der Waals surface area contributed by atoms with E-state index in [1.807, 2.05) is 4.90 Å². The molecule has 0 spiro atoms. The van der Waals surface area contributed by atoms with Crippen LogP contribution in [-0.2, 0) is 4.79 Å². The summed E-state index contributed by atoms with van der Waals surface area (Å²) in [4.78, 5) is 28.2. The zero-order chi connectivity index (χ0) is 20.3. The number of amides is 2. The number of β-amino-alcohol motifs (C(OH)–C–C–N with tert-alkyl or cyclic N) is 1. The molecule has 1 aromatic rings. The minimum atomic E-state index is -0.783. The fraction of sp³-hybridized carbons (Fsp3) is 0.750. The summed E-state index contributed by atoms with van der Waals surface area (Å²) < 4.78 is 5.13. The van der Waals surface area contributed by atoms with E-state index >= 15 is 0 Å². The van der Waals surface area contributed by atoms with E-state index in [1.165, 1.54) is 0 Å². The minimum Gasteiger partial charge on any atom is -0.388 e. The summed E-state index contributed by atoms with van der Waals surface area (Å²) in [6, 6.07) is 0.237. The lowest BCUT2D eigenvalue weighted by molar-refractivity contribution is -0.120. The highest BCUT2D eigenvalue weighted by Gasteiger charge is 2.35. The van der Waals surface area contributed by atoms with Crippen LogP contribution in [0.15, 0.2) is 4.52 Å². The predicted molar refractivity (Wildman–Crippen MR) is 104 cm³/mol. The Morgan fingerprint density at radius 2 is 1.93 bits per heavy atom. The van der Waals surface area contributed by atoms with Crippen molar-refractivity contribution in [1.82, 2.24) is 20.3 Å². The van der Waals surface area contributed by atoms with Crippen LogP contribution in [0.5, 0.6) is 0 Å². The lowest BCUT2D eigenvalue weighted by Crippen LogP contribution is -2.50. The van der Waals surface area contributed by atoms with E-state index in [4.69, 9.17) is 4.52 Å². The molecule has 8 nitrogen and oxygen atoms in total. The average Bonchev–Trinajstić information content (AvgIpc) is 2.85. The van der Waals surface area contributed by atoms with Gasteiger partial charge in [-0.1, -0.05) is 5.16 Å². The fourth-order valence-electron chi connectivity index (χ4n) is 4.43. The number of aromatic nitrogens is 1.